The summed E-state index contributed by atoms with van der Waals surface area (Å²) in [5.41, 5.74) is 14.4. The maximum atomic E-state index is 2.68. The van der Waals surface area contributed by atoms with E-state index in [4.69, 9.17) is 0 Å². The Morgan fingerprint density at radius 3 is 1.69 bits per heavy atom. The van der Waals surface area contributed by atoms with Gasteiger partial charge in [0.05, 0.1) is 22.8 Å². The SMILES string of the molecule is C1=CC2c3ccccc3N(c3cccc([Si](c4ccccc4)(c4ccccc4)C4C=Cc5c(c6ccccc6n5-c5ccccc5)C4)c3)C2c2c1c1ccccc1n2-c1ccccc1. The predicted octanol–water partition coefficient (Wildman–Crippen LogP) is 12.7. The molecule has 2 aromatic heterocycles. The molecule has 0 spiro atoms. The van der Waals surface area contributed by atoms with E-state index in [9.17, 15) is 0 Å². The highest BCUT2D eigenvalue weighted by atomic mass is 28.3. The summed E-state index contributed by atoms with van der Waals surface area (Å²) < 4.78 is 5.01. The molecule has 0 N–H and O–H groups in total. The monoisotopic (exact) mass is 835 g/mol. The average Bonchev–Trinajstić information content (AvgIpc) is 4.01. The van der Waals surface area contributed by atoms with Crippen molar-refractivity contribution in [3.05, 3.63) is 259 Å². The van der Waals surface area contributed by atoms with Crippen molar-refractivity contribution in [2.24, 2.45) is 0 Å². The summed E-state index contributed by atoms with van der Waals surface area (Å²) in [4.78, 5) is 2.68. The third-order valence-corrected chi connectivity index (χ3v) is 19.6. The van der Waals surface area contributed by atoms with Crippen LogP contribution in [0.5, 0.6) is 0 Å². The van der Waals surface area contributed by atoms with Crippen LogP contribution in [0.4, 0.5) is 11.4 Å². The first-order valence-electron chi connectivity index (χ1n) is 22.6. The van der Waals surface area contributed by atoms with Crippen LogP contribution in [0.15, 0.2) is 231 Å². The molecule has 4 heteroatoms. The third-order valence-electron chi connectivity index (χ3n) is 14.4. The molecule has 0 radical (unpaired) electrons. The number of hydrogen-bond acceptors (Lipinski definition) is 1. The lowest BCUT2D eigenvalue weighted by Crippen LogP contribution is -2.70. The molecule has 304 valence electrons. The molecule has 1 aliphatic heterocycles. The van der Waals surface area contributed by atoms with Crippen LogP contribution in [0.1, 0.15) is 40.0 Å². The Bertz CT molecular complexity index is 3400. The van der Waals surface area contributed by atoms with Crippen molar-refractivity contribution in [1.29, 1.82) is 0 Å². The Kier molecular flexibility index (Phi) is 8.50. The number of para-hydroxylation sites is 5. The Morgan fingerprint density at radius 1 is 0.438 bits per heavy atom. The highest BCUT2D eigenvalue weighted by Gasteiger charge is 2.48. The normalized spacial score (nSPS) is 17.3. The van der Waals surface area contributed by atoms with Gasteiger partial charge in [0.1, 0.15) is 0 Å². The van der Waals surface area contributed by atoms with E-state index in [0.29, 0.717) is 0 Å². The molecule has 10 aromatic rings. The van der Waals surface area contributed by atoms with Crippen LogP contribution in [-0.2, 0) is 6.42 Å². The van der Waals surface area contributed by atoms with Crippen LogP contribution in [0, 0.1) is 0 Å². The molecule has 0 bridgehead atoms. The van der Waals surface area contributed by atoms with Gasteiger partial charge in [-0.1, -0.05) is 182 Å². The molecule has 0 saturated heterocycles. The second-order valence-corrected chi connectivity index (χ2v) is 21.6. The van der Waals surface area contributed by atoms with Crippen molar-refractivity contribution in [2.75, 3.05) is 4.90 Å². The fourth-order valence-corrected chi connectivity index (χ4v) is 17.2. The van der Waals surface area contributed by atoms with Gasteiger partial charge in [0.25, 0.3) is 0 Å². The molecule has 2 aliphatic carbocycles. The van der Waals surface area contributed by atoms with Crippen LogP contribution in [0.25, 0.3) is 45.3 Å². The van der Waals surface area contributed by atoms with Gasteiger partial charge in [-0.05, 0) is 99.3 Å². The molecule has 0 amide bonds. The molecular formula is C60H45N3Si. The maximum Gasteiger partial charge on any atom is 0.155 e. The first-order chi connectivity index (χ1) is 31.8. The minimum Gasteiger partial charge on any atom is -0.331 e. The van der Waals surface area contributed by atoms with Gasteiger partial charge < -0.3 is 14.0 Å². The lowest BCUT2D eigenvalue weighted by Gasteiger charge is -2.41. The molecule has 0 saturated carbocycles. The predicted molar refractivity (Wildman–Crippen MR) is 270 cm³/mol. The summed E-state index contributed by atoms with van der Waals surface area (Å²) in [6, 6.07) is 81.7. The van der Waals surface area contributed by atoms with Crippen molar-refractivity contribution < 1.29 is 0 Å². The van der Waals surface area contributed by atoms with Gasteiger partial charge in [-0.3, -0.25) is 0 Å². The van der Waals surface area contributed by atoms with E-state index in [0.717, 1.165) is 6.42 Å². The number of aromatic nitrogens is 2. The fraction of sp³-hybridized carbons (Fsp3) is 0.0667. The first-order valence-corrected chi connectivity index (χ1v) is 24.7. The third kappa shape index (κ3) is 5.39. The van der Waals surface area contributed by atoms with Crippen molar-refractivity contribution in [3.63, 3.8) is 0 Å². The van der Waals surface area contributed by atoms with Crippen LogP contribution in [-0.4, -0.2) is 17.2 Å². The summed E-state index contributed by atoms with van der Waals surface area (Å²) in [5.74, 6) is 0.186. The van der Waals surface area contributed by atoms with Crippen molar-refractivity contribution in [1.82, 2.24) is 9.13 Å². The number of nitrogens with zero attached hydrogens (tertiary/aromatic N) is 3. The lowest BCUT2D eigenvalue weighted by molar-refractivity contribution is 0.636. The fourth-order valence-electron chi connectivity index (χ4n) is 11.9. The second kappa shape index (κ2) is 14.7. The number of allylic oxidation sites excluding steroid dienone is 1. The molecule has 13 rings (SSSR count). The Labute approximate surface area is 375 Å². The second-order valence-electron chi connectivity index (χ2n) is 17.6. The number of hydrogen-bond donors (Lipinski definition) is 0. The number of anilines is 2. The number of rotatable bonds is 7. The van der Waals surface area contributed by atoms with E-state index in [1.807, 2.05) is 0 Å². The van der Waals surface area contributed by atoms with Gasteiger partial charge in [0, 0.05) is 50.7 Å². The summed E-state index contributed by atoms with van der Waals surface area (Å²) in [7, 11) is -2.87. The molecule has 3 heterocycles. The first kappa shape index (κ1) is 36.9. The van der Waals surface area contributed by atoms with Gasteiger partial charge in [-0.15, -0.1) is 0 Å². The molecule has 3 aliphatic rings. The summed E-state index contributed by atoms with van der Waals surface area (Å²) in [5, 5.41) is 6.90. The van der Waals surface area contributed by atoms with E-state index >= 15 is 0 Å². The van der Waals surface area contributed by atoms with Gasteiger partial charge in [0.15, 0.2) is 8.07 Å². The number of benzene rings is 8. The average molecular weight is 836 g/mol. The molecule has 3 nitrogen and oxygen atoms in total. The molecular weight excluding hydrogens is 791 g/mol. The van der Waals surface area contributed by atoms with Crippen LogP contribution < -0.4 is 20.5 Å². The van der Waals surface area contributed by atoms with E-state index in [1.54, 1.807) is 0 Å². The van der Waals surface area contributed by atoms with Crippen molar-refractivity contribution in [2.45, 2.75) is 23.9 Å². The minimum atomic E-state index is -2.87. The molecule has 3 unspecified atom stereocenters. The zero-order valence-corrected chi connectivity index (χ0v) is 36.4. The molecule has 64 heavy (non-hydrogen) atoms. The largest absolute Gasteiger partial charge is 0.331 e. The zero-order valence-electron chi connectivity index (χ0n) is 35.4. The summed E-state index contributed by atoms with van der Waals surface area (Å²) in [6.45, 7) is 0. The lowest BCUT2D eigenvalue weighted by atomic mass is 9.86. The van der Waals surface area contributed by atoms with E-state index in [1.165, 1.54) is 88.2 Å². The van der Waals surface area contributed by atoms with Crippen LogP contribution in [0.3, 0.4) is 0 Å². The number of fused-ring (bicyclic) bond motifs is 10. The van der Waals surface area contributed by atoms with Gasteiger partial charge in [-0.25, -0.2) is 0 Å². The Balaban J connectivity index is 1.04. The Morgan fingerprint density at radius 2 is 0.984 bits per heavy atom. The van der Waals surface area contributed by atoms with Crippen molar-refractivity contribution >= 4 is 69.0 Å². The summed E-state index contributed by atoms with van der Waals surface area (Å²) >= 11 is 0. The van der Waals surface area contributed by atoms with Crippen LogP contribution in [0.2, 0.25) is 5.54 Å². The minimum absolute atomic E-state index is 0.0472. The highest BCUT2D eigenvalue weighted by Crippen LogP contribution is 2.57. The van der Waals surface area contributed by atoms with Crippen molar-refractivity contribution in [3.8, 4) is 11.4 Å². The van der Waals surface area contributed by atoms with E-state index < -0.39 is 8.07 Å². The zero-order chi connectivity index (χ0) is 42.2. The van der Waals surface area contributed by atoms with Crippen LogP contribution >= 0.6 is 0 Å². The summed E-state index contributed by atoms with van der Waals surface area (Å²) in [6.07, 6.45) is 10.8. The van der Waals surface area contributed by atoms with E-state index in [2.05, 4.69) is 257 Å². The smallest absolute Gasteiger partial charge is 0.155 e. The highest BCUT2D eigenvalue weighted by molar-refractivity contribution is 7.12. The standard InChI is InChI=1S/C60H45N3Si/c1-5-20-42(21-6-1)61-55-33-16-15-32-51(55)54-41-48(36-39-58(54)61)64(45-25-9-3-10-26-45,46-27-11-4-12-28-46)47-29-19-24-44(40-47)63-57-35-18-14-31-50(57)53-38-37-52-49-30-13-17-34-56(49)62(59(52)60(53)63)43-22-7-2-8-23-43/h1-40,48,53,60H,41H2. The topological polar surface area (TPSA) is 13.1 Å². The Hall–Kier alpha value is -7.66. The molecule has 3 atom stereocenters. The quantitative estimate of drug-likeness (QED) is 0.115. The van der Waals surface area contributed by atoms with E-state index in [-0.39, 0.29) is 17.5 Å². The van der Waals surface area contributed by atoms with Gasteiger partial charge in [-0.2, -0.15) is 0 Å². The molecule has 0 fully saturated rings. The molecule has 8 aromatic carbocycles. The maximum absolute atomic E-state index is 2.87. The van der Waals surface area contributed by atoms with Gasteiger partial charge >= 0.3 is 0 Å². The van der Waals surface area contributed by atoms with Gasteiger partial charge in [0.2, 0.25) is 0 Å².